The number of aromatic nitrogens is 2. The molecule has 2 rings (SSSR count). The van der Waals surface area contributed by atoms with Gasteiger partial charge in [0, 0.05) is 29.9 Å². The molecule has 1 aromatic heterocycles. The predicted molar refractivity (Wildman–Crippen MR) is 89.7 cm³/mol. The van der Waals surface area contributed by atoms with Crippen molar-refractivity contribution >= 4 is 29.0 Å². The summed E-state index contributed by atoms with van der Waals surface area (Å²) in [6.07, 6.45) is 1.41. The molecule has 0 aliphatic carbocycles. The number of carbonyl (C=O) groups excluding carboxylic acids is 1. The fraction of sp³-hybridized carbons (Fsp3) is 0.312. The van der Waals surface area contributed by atoms with Crippen molar-refractivity contribution in [1.29, 1.82) is 0 Å². The maximum Gasteiger partial charge on any atom is 0.274 e. The Kier molecular flexibility index (Phi) is 5.33. The second-order valence-corrected chi connectivity index (χ2v) is 5.26. The summed E-state index contributed by atoms with van der Waals surface area (Å²) in [5.41, 5.74) is 1.93. The lowest BCUT2D eigenvalue weighted by Crippen LogP contribution is -2.24. The van der Waals surface area contributed by atoms with Crippen LogP contribution in [-0.2, 0) is 0 Å². The monoisotopic (exact) mass is 318 g/mol. The van der Waals surface area contributed by atoms with Crippen LogP contribution in [0, 0.1) is 6.92 Å². The van der Waals surface area contributed by atoms with Gasteiger partial charge in [-0.05, 0) is 38.5 Å². The van der Waals surface area contributed by atoms with E-state index < -0.39 is 0 Å². The van der Waals surface area contributed by atoms with Crippen LogP contribution < -0.4 is 10.2 Å². The van der Waals surface area contributed by atoms with E-state index in [-0.39, 0.29) is 5.91 Å². The van der Waals surface area contributed by atoms with Crippen LogP contribution in [0.2, 0.25) is 5.02 Å². The van der Waals surface area contributed by atoms with E-state index in [4.69, 9.17) is 11.6 Å². The van der Waals surface area contributed by atoms with Crippen molar-refractivity contribution in [2.75, 3.05) is 23.3 Å². The summed E-state index contributed by atoms with van der Waals surface area (Å²) in [7, 11) is 0. The maximum atomic E-state index is 12.3. The highest BCUT2D eigenvalue weighted by Crippen LogP contribution is 2.20. The van der Waals surface area contributed by atoms with Crippen molar-refractivity contribution < 1.29 is 4.79 Å². The van der Waals surface area contributed by atoms with Crippen LogP contribution in [0.15, 0.2) is 30.6 Å². The summed E-state index contributed by atoms with van der Waals surface area (Å²) in [5, 5.41) is 3.41. The third-order valence-corrected chi connectivity index (χ3v) is 3.81. The first-order chi connectivity index (χ1) is 10.5. The standard InChI is InChI=1S/C16H19ClN4O/c1-4-21(5-2)15-9-14(18-10-19-15)16(22)20-12-7-6-11(3)13(17)8-12/h6-10H,4-5H2,1-3H3,(H,20,22). The Morgan fingerprint density at radius 3 is 2.59 bits per heavy atom. The van der Waals surface area contributed by atoms with Gasteiger partial charge in [-0.3, -0.25) is 4.79 Å². The molecule has 0 unspecified atom stereocenters. The van der Waals surface area contributed by atoms with Crippen molar-refractivity contribution in [3.8, 4) is 0 Å². The molecule has 0 radical (unpaired) electrons. The van der Waals surface area contributed by atoms with E-state index in [0.29, 0.717) is 16.4 Å². The van der Waals surface area contributed by atoms with Gasteiger partial charge in [-0.2, -0.15) is 0 Å². The summed E-state index contributed by atoms with van der Waals surface area (Å²) >= 11 is 6.06. The number of halogens is 1. The summed E-state index contributed by atoms with van der Waals surface area (Å²) < 4.78 is 0. The Labute approximate surface area is 135 Å². The molecule has 0 atom stereocenters. The molecule has 1 aromatic carbocycles. The third-order valence-electron chi connectivity index (χ3n) is 3.40. The van der Waals surface area contributed by atoms with Gasteiger partial charge in [-0.15, -0.1) is 0 Å². The SMILES string of the molecule is CCN(CC)c1cc(C(=O)Nc2ccc(C)c(Cl)c2)ncn1. The number of aryl methyl sites for hydroxylation is 1. The molecule has 0 saturated heterocycles. The lowest BCUT2D eigenvalue weighted by atomic mass is 10.2. The summed E-state index contributed by atoms with van der Waals surface area (Å²) in [4.78, 5) is 22.6. The van der Waals surface area contributed by atoms with E-state index in [1.807, 2.05) is 32.9 Å². The van der Waals surface area contributed by atoms with Gasteiger partial charge in [0.25, 0.3) is 5.91 Å². The lowest BCUT2D eigenvalue weighted by Gasteiger charge is -2.19. The van der Waals surface area contributed by atoms with Crippen molar-refractivity contribution in [2.24, 2.45) is 0 Å². The quantitative estimate of drug-likeness (QED) is 0.916. The number of carbonyl (C=O) groups is 1. The molecule has 0 aliphatic rings. The second-order valence-electron chi connectivity index (χ2n) is 4.85. The summed E-state index contributed by atoms with van der Waals surface area (Å²) in [5.74, 6) is 0.461. The Morgan fingerprint density at radius 1 is 1.23 bits per heavy atom. The summed E-state index contributed by atoms with van der Waals surface area (Å²) in [6.45, 7) is 7.64. The number of hydrogen-bond donors (Lipinski definition) is 1. The van der Waals surface area contributed by atoms with Crippen LogP contribution in [-0.4, -0.2) is 29.0 Å². The minimum absolute atomic E-state index is 0.282. The molecule has 0 bridgehead atoms. The zero-order valence-corrected chi connectivity index (χ0v) is 13.7. The average Bonchev–Trinajstić information content (AvgIpc) is 2.52. The van der Waals surface area contributed by atoms with Crippen LogP contribution in [0.5, 0.6) is 0 Å². The summed E-state index contributed by atoms with van der Waals surface area (Å²) in [6, 6.07) is 7.09. The number of nitrogens with zero attached hydrogens (tertiary/aromatic N) is 3. The minimum Gasteiger partial charge on any atom is -0.357 e. The minimum atomic E-state index is -0.282. The second kappa shape index (κ2) is 7.22. The first-order valence-electron chi connectivity index (χ1n) is 7.19. The molecule has 0 fully saturated rings. The highest BCUT2D eigenvalue weighted by Gasteiger charge is 2.12. The van der Waals surface area contributed by atoms with E-state index in [1.54, 1.807) is 12.1 Å². The van der Waals surface area contributed by atoms with Crippen LogP contribution in [0.25, 0.3) is 0 Å². The highest BCUT2D eigenvalue weighted by molar-refractivity contribution is 6.31. The molecule has 0 aliphatic heterocycles. The van der Waals surface area contributed by atoms with Gasteiger partial charge in [-0.25, -0.2) is 9.97 Å². The molecular weight excluding hydrogens is 300 g/mol. The molecule has 1 N–H and O–H groups in total. The largest absolute Gasteiger partial charge is 0.357 e. The zero-order chi connectivity index (χ0) is 16.1. The molecule has 5 nitrogen and oxygen atoms in total. The number of amides is 1. The van der Waals surface area contributed by atoms with Crippen molar-refractivity contribution in [2.45, 2.75) is 20.8 Å². The lowest BCUT2D eigenvalue weighted by molar-refractivity contribution is 0.102. The molecule has 0 saturated carbocycles. The third kappa shape index (κ3) is 3.74. The molecule has 1 heterocycles. The van der Waals surface area contributed by atoms with Crippen molar-refractivity contribution in [3.63, 3.8) is 0 Å². The number of hydrogen-bond acceptors (Lipinski definition) is 4. The highest BCUT2D eigenvalue weighted by atomic mass is 35.5. The number of nitrogens with one attached hydrogen (secondary N) is 1. The van der Waals surface area contributed by atoms with Crippen LogP contribution in [0.1, 0.15) is 29.9 Å². The number of rotatable bonds is 5. The topological polar surface area (TPSA) is 58.1 Å². The van der Waals surface area contributed by atoms with E-state index >= 15 is 0 Å². The van der Waals surface area contributed by atoms with Crippen LogP contribution in [0.3, 0.4) is 0 Å². The molecule has 1 amide bonds. The fourth-order valence-electron chi connectivity index (χ4n) is 2.06. The van der Waals surface area contributed by atoms with E-state index in [2.05, 4.69) is 20.2 Å². The van der Waals surface area contributed by atoms with Gasteiger partial charge in [0.1, 0.15) is 17.8 Å². The van der Waals surface area contributed by atoms with Gasteiger partial charge in [0.15, 0.2) is 0 Å². The predicted octanol–water partition coefficient (Wildman–Crippen LogP) is 3.54. The smallest absolute Gasteiger partial charge is 0.274 e. The molecule has 22 heavy (non-hydrogen) atoms. The van der Waals surface area contributed by atoms with Crippen molar-refractivity contribution in [1.82, 2.24) is 9.97 Å². The average molecular weight is 319 g/mol. The Hall–Kier alpha value is -2.14. The van der Waals surface area contributed by atoms with E-state index in [1.165, 1.54) is 6.33 Å². The number of benzene rings is 1. The first kappa shape index (κ1) is 16.2. The van der Waals surface area contributed by atoms with Crippen LogP contribution in [0.4, 0.5) is 11.5 Å². The Balaban J connectivity index is 2.18. The Morgan fingerprint density at radius 2 is 1.95 bits per heavy atom. The first-order valence-corrected chi connectivity index (χ1v) is 7.57. The normalized spacial score (nSPS) is 10.4. The Bertz CT molecular complexity index is 671. The maximum absolute atomic E-state index is 12.3. The van der Waals surface area contributed by atoms with Crippen molar-refractivity contribution in [3.05, 3.63) is 46.9 Å². The molecule has 116 valence electrons. The fourth-order valence-corrected chi connectivity index (χ4v) is 2.24. The number of anilines is 2. The molecule has 6 heteroatoms. The van der Waals surface area contributed by atoms with Gasteiger partial charge in [-0.1, -0.05) is 17.7 Å². The van der Waals surface area contributed by atoms with E-state index in [0.717, 1.165) is 24.5 Å². The van der Waals surface area contributed by atoms with Gasteiger partial charge in [0.2, 0.25) is 0 Å². The van der Waals surface area contributed by atoms with E-state index in [9.17, 15) is 4.79 Å². The molecule has 2 aromatic rings. The van der Waals surface area contributed by atoms with Gasteiger partial charge < -0.3 is 10.2 Å². The molecular formula is C16H19ClN4O. The van der Waals surface area contributed by atoms with Crippen LogP contribution >= 0.6 is 11.6 Å². The zero-order valence-electron chi connectivity index (χ0n) is 12.9. The van der Waals surface area contributed by atoms with Gasteiger partial charge >= 0.3 is 0 Å². The molecule has 0 spiro atoms. The van der Waals surface area contributed by atoms with Gasteiger partial charge in [0.05, 0.1) is 0 Å².